The maximum Gasteiger partial charge on any atom is 0.0774 e. The fourth-order valence-electron chi connectivity index (χ4n) is 0.685. The van der Waals surface area contributed by atoms with Gasteiger partial charge in [-0.3, -0.25) is 0 Å². The van der Waals surface area contributed by atoms with Gasteiger partial charge in [0, 0.05) is 0 Å². The molecule has 0 bridgehead atoms. The van der Waals surface area contributed by atoms with Crippen LogP contribution in [0.25, 0.3) is 0 Å². The summed E-state index contributed by atoms with van der Waals surface area (Å²) in [6.45, 7) is 3.85. The molecule has 0 unspecified atom stereocenters. The molecule has 10 heavy (non-hydrogen) atoms. The molecule has 0 aliphatic rings. The lowest BCUT2D eigenvalue weighted by Gasteiger charge is -2.11. The van der Waals surface area contributed by atoms with Gasteiger partial charge in [-0.25, -0.2) is 0 Å². The molecule has 2 heteroatoms. The molecule has 1 nitrogen and oxygen atoms in total. The molecule has 0 amide bonds. The van der Waals surface area contributed by atoms with E-state index in [-0.39, 0.29) is 5.41 Å². The summed E-state index contributed by atoms with van der Waals surface area (Å²) in [4.78, 5) is 0. The molecule has 0 atom stereocenters. The Hall–Kier alpha value is -0.810. The summed E-state index contributed by atoms with van der Waals surface area (Å²) < 4.78 is 0. The highest BCUT2D eigenvalue weighted by Gasteiger charge is 2.19. The molecule has 0 N–H and O–H groups in total. The maximum atomic E-state index is 8.72. The SMILES string of the molecule is CC(C)(C#N)c1ccsc1. The molecule has 52 valence electrons. The normalized spacial score (nSPS) is 10.9. The van der Waals surface area contributed by atoms with Crippen molar-refractivity contribution in [2.45, 2.75) is 19.3 Å². The smallest absolute Gasteiger partial charge is 0.0774 e. The Labute approximate surface area is 64.9 Å². The third kappa shape index (κ3) is 1.19. The number of hydrogen-bond donors (Lipinski definition) is 0. The van der Waals surface area contributed by atoms with E-state index in [1.165, 1.54) is 0 Å². The van der Waals surface area contributed by atoms with Crippen LogP contribution in [0.2, 0.25) is 0 Å². The van der Waals surface area contributed by atoms with Crippen LogP contribution in [-0.2, 0) is 5.41 Å². The minimum absolute atomic E-state index is 0.319. The van der Waals surface area contributed by atoms with E-state index in [2.05, 4.69) is 6.07 Å². The van der Waals surface area contributed by atoms with Crippen molar-refractivity contribution in [1.82, 2.24) is 0 Å². The standard InChI is InChI=1S/C8H9NS/c1-8(2,6-9)7-3-4-10-5-7/h3-5H,1-2H3. The molecule has 0 aliphatic carbocycles. The first kappa shape index (κ1) is 7.30. The van der Waals surface area contributed by atoms with Crippen LogP contribution in [0.4, 0.5) is 0 Å². The monoisotopic (exact) mass is 151 g/mol. The Kier molecular flexibility index (Phi) is 1.78. The van der Waals surface area contributed by atoms with Crippen molar-refractivity contribution in [2.75, 3.05) is 0 Å². The first-order chi connectivity index (χ1) is 4.67. The Morgan fingerprint density at radius 3 is 2.70 bits per heavy atom. The third-order valence-corrected chi connectivity index (χ3v) is 2.21. The summed E-state index contributed by atoms with van der Waals surface area (Å²) in [5, 5.41) is 12.7. The highest BCUT2D eigenvalue weighted by Crippen LogP contribution is 2.23. The van der Waals surface area contributed by atoms with Gasteiger partial charge in [-0.05, 0) is 36.2 Å². The lowest BCUT2D eigenvalue weighted by molar-refractivity contribution is 0.690. The summed E-state index contributed by atoms with van der Waals surface area (Å²) in [5.41, 5.74) is 0.792. The van der Waals surface area contributed by atoms with Crippen LogP contribution >= 0.6 is 11.3 Å². The van der Waals surface area contributed by atoms with Gasteiger partial charge in [0.15, 0.2) is 0 Å². The van der Waals surface area contributed by atoms with E-state index in [4.69, 9.17) is 5.26 Å². The zero-order chi connectivity index (χ0) is 7.61. The molecule has 0 aromatic carbocycles. The number of thiophene rings is 1. The zero-order valence-electron chi connectivity index (χ0n) is 6.09. The third-order valence-electron chi connectivity index (χ3n) is 1.52. The summed E-state index contributed by atoms with van der Waals surface area (Å²) in [6, 6.07) is 4.24. The molecular formula is C8H9NS. The molecule has 0 radical (unpaired) electrons. The van der Waals surface area contributed by atoms with Crippen LogP contribution in [0.3, 0.4) is 0 Å². The van der Waals surface area contributed by atoms with Crippen molar-refractivity contribution >= 4 is 11.3 Å². The molecule has 0 saturated carbocycles. The number of nitrogens with zero attached hydrogens (tertiary/aromatic N) is 1. The second kappa shape index (κ2) is 2.43. The van der Waals surface area contributed by atoms with Crippen LogP contribution in [0, 0.1) is 11.3 Å². The Bertz CT molecular complexity index is 241. The van der Waals surface area contributed by atoms with Crippen LogP contribution in [0.1, 0.15) is 19.4 Å². The second-order valence-corrected chi connectivity index (χ2v) is 3.53. The zero-order valence-corrected chi connectivity index (χ0v) is 6.90. The van der Waals surface area contributed by atoms with Crippen LogP contribution < -0.4 is 0 Å². The molecule has 1 rings (SSSR count). The minimum atomic E-state index is -0.319. The topological polar surface area (TPSA) is 23.8 Å². The van der Waals surface area contributed by atoms with E-state index in [9.17, 15) is 0 Å². The average Bonchev–Trinajstić information content (AvgIpc) is 2.38. The molecule has 1 heterocycles. The van der Waals surface area contributed by atoms with E-state index >= 15 is 0 Å². The van der Waals surface area contributed by atoms with Crippen molar-refractivity contribution < 1.29 is 0 Å². The summed E-state index contributed by atoms with van der Waals surface area (Å²) >= 11 is 1.63. The van der Waals surface area contributed by atoms with Gasteiger partial charge in [-0.2, -0.15) is 16.6 Å². The Balaban J connectivity index is 2.99. The van der Waals surface area contributed by atoms with Crippen molar-refractivity contribution in [2.24, 2.45) is 0 Å². The molecule has 0 spiro atoms. The van der Waals surface area contributed by atoms with Crippen molar-refractivity contribution in [3.05, 3.63) is 22.4 Å². The van der Waals surface area contributed by atoms with E-state index in [0.717, 1.165) is 5.56 Å². The predicted octanol–water partition coefficient (Wildman–Crippen LogP) is 2.55. The maximum absolute atomic E-state index is 8.72. The molecule has 0 saturated heterocycles. The van der Waals surface area contributed by atoms with E-state index in [0.29, 0.717) is 0 Å². The van der Waals surface area contributed by atoms with Gasteiger partial charge in [0.2, 0.25) is 0 Å². The first-order valence-electron chi connectivity index (χ1n) is 3.11. The Morgan fingerprint density at radius 2 is 2.30 bits per heavy atom. The lowest BCUT2D eigenvalue weighted by atomic mass is 9.89. The summed E-state index contributed by atoms with van der Waals surface area (Å²) in [7, 11) is 0. The number of rotatable bonds is 1. The first-order valence-corrected chi connectivity index (χ1v) is 4.05. The van der Waals surface area contributed by atoms with Gasteiger partial charge in [0.1, 0.15) is 0 Å². The molecule has 1 aromatic rings. The summed E-state index contributed by atoms with van der Waals surface area (Å²) in [6.07, 6.45) is 0. The molecule has 1 aromatic heterocycles. The number of nitriles is 1. The molecule has 0 aliphatic heterocycles. The van der Waals surface area contributed by atoms with Gasteiger partial charge in [0.05, 0.1) is 11.5 Å². The number of hydrogen-bond acceptors (Lipinski definition) is 2. The van der Waals surface area contributed by atoms with Crippen molar-refractivity contribution in [3.63, 3.8) is 0 Å². The quantitative estimate of drug-likeness (QED) is 0.605. The van der Waals surface area contributed by atoms with Gasteiger partial charge in [-0.1, -0.05) is 0 Å². The Morgan fingerprint density at radius 1 is 1.60 bits per heavy atom. The predicted molar refractivity (Wildman–Crippen MR) is 43.0 cm³/mol. The van der Waals surface area contributed by atoms with Crippen LogP contribution in [-0.4, -0.2) is 0 Å². The van der Waals surface area contributed by atoms with Gasteiger partial charge < -0.3 is 0 Å². The largest absolute Gasteiger partial charge is 0.197 e. The van der Waals surface area contributed by atoms with Gasteiger partial charge >= 0.3 is 0 Å². The fraction of sp³-hybridized carbons (Fsp3) is 0.375. The lowest BCUT2D eigenvalue weighted by Crippen LogP contribution is -2.11. The van der Waals surface area contributed by atoms with E-state index in [1.54, 1.807) is 11.3 Å². The van der Waals surface area contributed by atoms with Gasteiger partial charge in [-0.15, -0.1) is 0 Å². The van der Waals surface area contributed by atoms with E-state index < -0.39 is 0 Å². The highest BCUT2D eigenvalue weighted by atomic mass is 32.1. The molecular weight excluding hydrogens is 142 g/mol. The van der Waals surface area contributed by atoms with E-state index in [1.807, 2.05) is 30.7 Å². The highest BCUT2D eigenvalue weighted by molar-refractivity contribution is 7.08. The average molecular weight is 151 g/mol. The molecule has 0 fully saturated rings. The minimum Gasteiger partial charge on any atom is -0.197 e. The van der Waals surface area contributed by atoms with Gasteiger partial charge in [0.25, 0.3) is 0 Å². The van der Waals surface area contributed by atoms with Crippen molar-refractivity contribution in [1.29, 1.82) is 5.26 Å². The summed E-state index contributed by atoms with van der Waals surface area (Å²) in [5.74, 6) is 0. The second-order valence-electron chi connectivity index (χ2n) is 2.75. The van der Waals surface area contributed by atoms with Crippen molar-refractivity contribution in [3.8, 4) is 6.07 Å². The van der Waals surface area contributed by atoms with Crippen LogP contribution in [0.5, 0.6) is 0 Å². The fourth-order valence-corrected chi connectivity index (χ4v) is 1.51. The van der Waals surface area contributed by atoms with Crippen LogP contribution in [0.15, 0.2) is 16.8 Å².